The summed E-state index contributed by atoms with van der Waals surface area (Å²) in [6, 6.07) is 4.03. The summed E-state index contributed by atoms with van der Waals surface area (Å²) in [7, 11) is 1.45. The van der Waals surface area contributed by atoms with Crippen LogP contribution in [0, 0.1) is 11.8 Å². The molecule has 3 rings (SSSR count). The Bertz CT molecular complexity index is 696. The van der Waals surface area contributed by atoms with E-state index in [-0.39, 0.29) is 41.8 Å². The molecular weight excluding hydrogens is 485 g/mol. The first-order valence-corrected chi connectivity index (χ1v) is 10.0. The molecule has 29 heavy (non-hydrogen) atoms. The Hall–Kier alpha value is -1.62. The van der Waals surface area contributed by atoms with E-state index in [4.69, 9.17) is 14.5 Å². The molecule has 162 valence electrons. The smallest absolute Gasteiger partial charge is 0.310 e. The molecule has 8 nitrogen and oxygen atoms in total. The summed E-state index contributed by atoms with van der Waals surface area (Å²) in [6.45, 7) is 10.0. The van der Waals surface area contributed by atoms with Crippen molar-refractivity contribution < 1.29 is 14.3 Å². The topological polar surface area (TPSA) is 79.3 Å². The van der Waals surface area contributed by atoms with Crippen LogP contribution in [-0.2, 0) is 20.8 Å². The Labute approximate surface area is 190 Å². The van der Waals surface area contributed by atoms with Crippen molar-refractivity contribution in [2.75, 3.05) is 57.9 Å². The van der Waals surface area contributed by atoms with Gasteiger partial charge in [0, 0.05) is 44.5 Å². The number of nitrogens with zero attached hydrogens (tertiary/aromatic N) is 4. The maximum Gasteiger partial charge on any atom is 0.310 e. The number of carbonyl (C=O) groups is 1. The molecule has 2 fully saturated rings. The molecule has 2 aliphatic rings. The quantitative estimate of drug-likeness (QED) is 0.276. The first kappa shape index (κ1) is 23.7. The van der Waals surface area contributed by atoms with Gasteiger partial charge in [0.2, 0.25) is 0 Å². The van der Waals surface area contributed by atoms with Gasteiger partial charge in [0.1, 0.15) is 5.82 Å². The van der Waals surface area contributed by atoms with E-state index in [0.29, 0.717) is 13.1 Å². The number of anilines is 1. The van der Waals surface area contributed by atoms with Gasteiger partial charge in [-0.05, 0) is 18.9 Å². The van der Waals surface area contributed by atoms with Crippen LogP contribution in [0.4, 0.5) is 5.82 Å². The molecule has 0 bridgehead atoms. The Morgan fingerprint density at radius 3 is 2.83 bits per heavy atom. The fourth-order valence-electron chi connectivity index (χ4n) is 3.80. The van der Waals surface area contributed by atoms with Crippen molar-refractivity contribution in [3.8, 4) is 0 Å². The van der Waals surface area contributed by atoms with Gasteiger partial charge in [0.05, 0.1) is 32.8 Å². The molecule has 3 heterocycles. The molecule has 0 aliphatic carbocycles. The van der Waals surface area contributed by atoms with Crippen LogP contribution in [0.1, 0.15) is 19.4 Å². The second-order valence-electron chi connectivity index (χ2n) is 7.27. The number of nitrogens with one attached hydrogen (secondary N) is 1. The number of pyridine rings is 1. The normalized spacial score (nSPS) is 22.2. The van der Waals surface area contributed by atoms with Crippen LogP contribution in [0.3, 0.4) is 0 Å². The summed E-state index contributed by atoms with van der Waals surface area (Å²) in [6.07, 6.45) is 1.83. The van der Waals surface area contributed by atoms with Crippen molar-refractivity contribution >= 4 is 41.7 Å². The number of halogens is 1. The Kier molecular flexibility index (Phi) is 9.41. The minimum absolute atomic E-state index is 0. The molecule has 0 aromatic carbocycles. The zero-order valence-electron chi connectivity index (χ0n) is 17.5. The van der Waals surface area contributed by atoms with Gasteiger partial charge >= 0.3 is 5.97 Å². The standard InChI is InChI=1S/C20H31N5O3.HI/c1-4-21-20(25-13-15(2)17(14-25)19(26)27-3)23-12-16-6-5-7-22-18(16)24-8-10-28-11-9-24;/h5-7,15,17H,4,8-14H2,1-3H3,(H,21,23);1H. The van der Waals surface area contributed by atoms with Gasteiger partial charge in [0.15, 0.2) is 5.96 Å². The highest BCUT2D eigenvalue weighted by Crippen LogP contribution is 2.25. The number of guanidine groups is 1. The molecule has 2 aliphatic heterocycles. The molecule has 2 unspecified atom stereocenters. The van der Waals surface area contributed by atoms with Crippen LogP contribution in [0.2, 0.25) is 0 Å². The number of aromatic nitrogens is 1. The molecule has 0 radical (unpaired) electrons. The van der Waals surface area contributed by atoms with Crippen molar-refractivity contribution in [3.05, 3.63) is 23.9 Å². The highest BCUT2D eigenvalue weighted by Gasteiger charge is 2.36. The molecule has 9 heteroatoms. The number of morpholine rings is 1. The van der Waals surface area contributed by atoms with E-state index in [1.807, 2.05) is 12.3 Å². The third-order valence-corrected chi connectivity index (χ3v) is 5.33. The van der Waals surface area contributed by atoms with E-state index in [2.05, 4.69) is 40.0 Å². The van der Waals surface area contributed by atoms with Gasteiger partial charge < -0.3 is 24.6 Å². The Morgan fingerprint density at radius 2 is 2.14 bits per heavy atom. The third kappa shape index (κ3) is 5.94. The lowest BCUT2D eigenvalue weighted by molar-refractivity contribution is -0.145. The predicted octanol–water partition coefficient (Wildman–Crippen LogP) is 1.74. The zero-order valence-corrected chi connectivity index (χ0v) is 19.8. The molecule has 0 spiro atoms. The van der Waals surface area contributed by atoms with Gasteiger partial charge in [0.25, 0.3) is 0 Å². The monoisotopic (exact) mass is 517 g/mol. The highest BCUT2D eigenvalue weighted by atomic mass is 127. The van der Waals surface area contributed by atoms with Crippen molar-refractivity contribution in [2.45, 2.75) is 20.4 Å². The number of hydrogen-bond donors (Lipinski definition) is 1. The molecule has 0 amide bonds. The number of carbonyl (C=O) groups excluding carboxylic acids is 1. The minimum atomic E-state index is -0.146. The molecule has 1 aromatic rings. The van der Waals surface area contributed by atoms with E-state index in [1.54, 1.807) is 0 Å². The number of likely N-dealkylation sites (tertiary alicyclic amines) is 1. The number of esters is 1. The van der Waals surface area contributed by atoms with Gasteiger partial charge in [-0.1, -0.05) is 13.0 Å². The Morgan fingerprint density at radius 1 is 1.38 bits per heavy atom. The van der Waals surface area contributed by atoms with Crippen LogP contribution in [0.5, 0.6) is 0 Å². The molecule has 1 aromatic heterocycles. The molecule has 2 atom stereocenters. The number of aliphatic imine (C=N–C) groups is 1. The average molecular weight is 517 g/mol. The molecule has 0 saturated carbocycles. The maximum atomic E-state index is 12.0. The molecule has 1 N–H and O–H groups in total. The van der Waals surface area contributed by atoms with Gasteiger partial charge in [-0.3, -0.25) is 4.79 Å². The molecule has 2 saturated heterocycles. The van der Waals surface area contributed by atoms with E-state index in [9.17, 15) is 4.79 Å². The van der Waals surface area contributed by atoms with Crippen molar-refractivity contribution in [3.63, 3.8) is 0 Å². The lowest BCUT2D eigenvalue weighted by atomic mass is 9.99. The lowest BCUT2D eigenvalue weighted by Gasteiger charge is -2.29. The summed E-state index contributed by atoms with van der Waals surface area (Å²) in [5.41, 5.74) is 1.09. The fourth-order valence-corrected chi connectivity index (χ4v) is 3.80. The SMILES string of the molecule is CCNC(=NCc1cccnc1N1CCOCC1)N1CC(C)C(C(=O)OC)C1.I. The summed E-state index contributed by atoms with van der Waals surface area (Å²) >= 11 is 0. The second-order valence-corrected chi connectivity index (χ2v) is 7.27. The lowest BCUT2D eigenvalue weighted by Crippen LogP contribution is -2.40. The maximum absolute atomic E-state index is 12.0. The van der Waals surface area contributed by atoms with Crippen molar-refractivity contribution in [1.29, 1.82) is 0 Å². The average Bonchev–Trinajstić information content (AvgIpc) is 3.13. The summed E-state index contributed by atoms with van der Waals surface area (Å²) in [4.78, 5) is 25.9. The predicted molar refractivity (Wildman–Crippen MR) is 124 cm³/mol. The van der Waals surface area contributed by atoms with Gasteiger partial charge in [-0.2, -0.15) is 0 Å². The van der Waals surface area contributed by atoms with E-state index < -0.39 is 0 Å². The zero-order chi connectivity index (χ0) is 19.9. The fraction of sp³-hybridized carbons (Fsp3) is 0.650. The van der Waals surface area contributed by atoms with E-state index >= 15 is 0 Å². The van der Waals surface area contributed by atoms with Crippen LogP contribution in [0.15, 0.2) is 23.3 Å². The van der Waals surface area contributed by atoms with Gasteiger partial charge in [-0.25, -0.2) is 9.98 Å². The Balaban J connectivity index is 0.00000300. The highest BCUT2D eigenvalue weighted by molar-refractivity contribution is 14.0. The van der Waals surface area contributed by atoms with Gasteiger partial charge in [-0.15, -0.1) is 24.0 Å². The third-order valence-electron chi connectivity index (χ3n) is 5.33. The first-order chi connectivity index (χ1) is 13.6. The van der Waals surface area contributed by atoms with Crippen molar-refractivity contribution in [1.82, 2.24) is 15.2 Å². The molecular formula is C20H32IN5O3. The van der Waals surface area contributed by atoms with E-state index in [0.717, 1.165) is 56.7 Å². The summed E-state index contributed by atoms with van der Waals surface area (Å²) < 4.78 is 10.4. The number of rotatable bonds is 5. The van der Waals surface area contributed by atoms with E-state index in [1.165, 1.54) is 7.11 Å². The minimum Gasteiger partial charge on any atom is -0.469 e. The largest absolute Gasteiger partial charge is 0.469 e. The van der Waals surface area contributed by atoms with Crippen LogP contribution in [0.25, 0.3) is 0 Å². The summed E-state index contributed by atoms with van der Waals surface area (Å²) in [5, 5.41) is 3.36. The van der Waals surface area contributed by atoms with Crippen molar-refractivity contribution in [2.24, 2.45) is 16.8 Å². The number of ether oxygens (including phenoxy) is 2. The summed E-state index contributed by atoms with van der Waals surface area (Å²) in [5.74, 6) is 1.78. The van der Waals surface area contributed by atoms with Crippen LogP contribution in [-0.4, -0.2) is 74.9 Å². The second kappa shape index (κ2) is 11.5. The van der Waals surface area contributed by atoms with Crippen LogP contribution >= 0.6 is 24.0 Å². The first-order valence-electron chi connectivity index (χ1n) is 10.0. The number of hydrogen-bond acceptors (Lipinski definition) is 6. The van der Waals surface area contributed by atoms with Crippen LogP contribution < -0.4 is 10.2 Å². The number of methoxy groups -OCH3 is 1.